The minimum atomic E-state index is -0.508. The molecule has 1 heterocycles. The number of carbonyl (C=O) groups excluding carboxylic acids is 1. The van der Waals surface area contributed by atoms with E-state index in [0.717, 1.165) is 16.9 Å². The number of hydrogen-bond donors (Lipinski definition) is 0. The van der Waals surface area contributed by atoms with Gasteiger partial charge < -0.3 is 4.74 Å². The maximum absolute atomic E-state index is 13.6. The van der Waals surface area contributed by atoms with E-state index in [-0.39, 0.29) is 4.88 Å². The predicted molar refractivity (Wildman–Crippen MR) is 61.1 cm³/mol. The number of halogens is 1. The fourth-order valence-corrected chi connectivity index (χ4v) is 2.32. The van der Waals surface area contributed by atoms with Crippen molar-refractivity contribution in [2.75, 3.05) is 7.11 Å². The van der Waals surface area contributed by atoms with Crippen molar-refractivity contribution in [3.8, 4) is 10.4 Å². The lowest BCUT2D eigenvalue weighted by Gasteiger charge is -1.96. The molecule has 4 heteroatoms. The topological polar surface area (TPSA) is 26.3 Å². The van der Waals surface area contributed by atoms with Gasteiger partial charge in [-0.15, -0.1) is 11.3 Å². The minimum absolute atomic E-state index is 0.277. The van der Waals surface area contributed by atoms with Gasteiger partial charge in [0.1, 0.15) is 10.7 Å². The van der Waals surface area contributed by atoms with Crippen LogP contribution in [0.5, 0.6) is 0 Å². The number of carbonyl (C=O) groups is 1. The van der Waals surface area contributed by atoms with Gasteiger partial charge in [0.25, 0.3) is 0 Å². The maximum atomic E-state index is 13.6. The van der Waals surface area contributed by atoms with Gasteiger partial charge in [0.15, 0.2) is 0 Å². The molecule has 0 aliphatic rings. The summed E-state index contributed by atoms with van der Waals surface area (Å²) in [6.07, 6.45) is 0. The van der Waals surface area contributed by atoms with Gasteiger partial charge in [-0.25, -0.2) is 9.18 Å². The summed E-state index contributed by atoms with van der Waals surface area (Å²) < 4.78 is 18.1. The van der Waals surface area contributed by atoms with Crippen LogP contribution >= 0.6 is 11.3 Å². The summed E-state index contributed by atoms with van der Waals surface area (Å²) in [5, 5.41) is 0. The van der Waals surface area contributed by atoms with Crippen LogP contribution in [0.15, 0.2) is 36.4 Å². The predicted octanol–water partition coefficient (Wildman–Crippen LogP) is 3.34. The van der Waals surface area contributed by atoms with Crippen LogP contribution in [-0.4, -0.2) is 13.1 Å². The summed E-state index contributed by atoms with van der Waals surface area (Å²) in [6, 6.07) is 10.3. The van der Waals surface area contributed by atoms with Gasteiger partial charge in [-0.1, -0.05) is 30.3 Å². The summed E-state index contributed by atoms with van der Waals surface area (Å²) >= 11 is 1.10. The molecule has 1 aromatic carbocycles. The lowest BCUT2D eigenvalue weighted by molar-refractivity contribution is 0.0606. The Balaban J connectivity index is 2.44. The molecular weight excluding hydrogens is 227 g/mol. The largest absolute Gasteiger partial charge is 0.465 e. The first-order valence-electron chi connectivity index (χ1n) is 4.65. The second-order valence-electron chi connectivity index (χ2n) is 3.15. The molecule has 0 saturated carbocycles. The Bertz CT molecular complexity index is 505. The lowest BCUT2D eigenvalue weighted by atomic mass is 10.2. The van der Waals surface area contributed by atoms with E-state index in [2.05, 4.69) is 4.74 Å². The maximum Gasteiger partial charge on any atom is 0.348 e. The Morgan fingerprint density at radius 3 is 2.62 bits per heavy atom. The highest BCUT2D eigenvalue weighted by molar-refractivity contribution is 7.17. The van der Waals surface area contributed by atoms with Crippen LogP contribution in [0.4, 0.5) is 4.39 Å². The van der Waals surface area contributed by atoms with E-state index >= 15 is 0 Å². The molecule has 0 radical (unpaired) electrons. The van der Waals surface area contributed by atoms with Gasteiger partial charge in [0.05, 0.1) is 12.0 Å². The van der Waals surface area contributed by atoms with Gasteiger partial charge in [-0.2, -0.15) is 0 Å². The van der Waals surface area contributed by atoms with Crippen molar-refractivity contribution >= 4 is 17.3 Å². The van der Waals surface area contributed by atoms with Gasteiger partial charge in [0, 0.05) is 0 Å². The zero-order valence-electron chi connectivity index (χ0n) is 8.57. The van der Waals surface area contributed by atoms with E-state index < -0.39 is 11.8 Å². The summed E-state index contributed by atoms with van der Waals surface area (Å²) in [4.78, 5) is 12.0. The number of benzene rings is 1. The monoisotopic (exact) mass is 236 g/mol. The molecule has 0 unspecified atom stereocenters. The molecule has 2 rings (SSSR count). The highest BCUT2D eigenvalue weighted by Crippen LogP contribution is 2.31. The van der Waals surface area contributed by atoms with Crippen LogP contribution in [0.2, 0.25) is 0 Å². The van der Waals surface area contributed by atoms with E-state index in [4.69, 9.17) is 0 Å². The highest BCUT2D eigenvalue weighted by atomic mass is 32.1. The van der Waals surface area contributed by atoms with Crippen LogP contribution in [0.3, 0.4) is 0 Å². The van der Waals surface area contributed by atoms with Gasteiger partial charge >= 0.3 is 5.97 Å². The van der Waals surface area contributed by atoms with E-state index in [9.17, 15) is 9.18 Å². The standard InChI is InChI=1S/C12H9FO2S/c1-15-12(14)10-7-9(13)11(16-10)8-5-3-2-4-6-8/h2-7H,1H3. The molecule has 0 amide bonds. The first kappa shape index (κ1) is 10.8. The molecule has 0 aliphatic heterocycles. The second kappa shape index (κ2) is 4.45. The van der Waals surface area contributed by atoms with Crippen LogP contribution in [0.1, 0.15) is 9.67 Å². The smallest absolute Gasteiger partial charge is 0.348 e. The molecule has 0 fully saturated rings. The fraction of sp³-hybridized carbons (Fsp3) is 0.0833. The summed E-state index contributed by atoms with van der Waals surface area (Å²) in [6.45, 7) is 0. The van der Waals surface area contributed by atoms with Crippen molar-refractivity contribution < 1.29 is 13.9 Å². The SMILES string of the molecule is COC(=O)c1cc(F)c(-c2ccccc2)s1. The van der Waals surface area contributed by atoms with E-state index in [1.165, 1.54) is 13.2 Å². The Labute approximate surface area is 96.3 Å². The second-order valence-corrected chi connectivity index (χ2v) is 4.20. The molecule has 0 N–H and O–H groups in total. The number of hydrogen-bond acceptors (Lipinski definition) is 3. The molecule has 16 heavy (non-hydrogen) atoms. The number of ether oxygens (including phenoxy) is 1. The average molecular weight is 236 g/mol. The van der Waals surface area contributed by atoms with Gasteiger partial charge in [-0.05, 0) is 11.6 Å². The van der Waals surface area contributed by atoms with Crippen molar-refractivity contribution in [1.29, 1.82) is 0 Å². The number of rotatable bonds is 2. The molecule has 0 aliphatic carbocycles. The number of thiophene rings is 1. The zero-order chi connectivity index (χ0) is 11.5. The van der Waals surface area contributed by atoms with Crippen LogP contribution in [0.25, 0.3) is 10.4 Å². The molecule has 0 bridgehead atoms. The lowest BCUT2D eigenvalue weighted by Crippen LogP contribution is -1.96. The molecule has 0 atom stereocenters. The van der Waals surface area contributed by atoms with Gasteiger partial charge in [-0.3, -0.25) is 0 Å². The Hall–Kier alpha value is -1.68. The van der Waals surface area contributed by atoms with Crippen molar-refractivity contribution in [3.05, 3.63) is 47.1 Å². The normalized spacial score (nSPS) is 10.1. The third kappa shape index (κ3) is 1.97. The Morgan fingerprint density at radius 2 is 2.00 bits per heavy atom. The van der Waals surface area contributed by atoms with E-state index in [1.54, 1.807) is 12.1 Å². The molecule has 0 spiro atoms. The fourth-order valence-electron chi connectivity index (χ4n) is 1.36. The van der Waals surface area contributed by atoms with Gasteiger partial charge in [0.2, 0.25) is 0 Å². The number of methoxy groups -OCH3 is 1. The molecule has 1 aromatic heterocycles. The van der Waals surface area contributed by atoms with Crippen LogP contribution < -0.4 is 0 Å². The summed E-state index contributed by atoms with van der Waals surface area (Å²) in [7, 11) is 1.28. The molecule has 0 saturated heterocycles. The van der Waals surface area contributed by atoms with Crippen molar-refractivity contribution in [2.24, 2.45) is 0 Å². The van der Waals surface area contributed by atoms with Crippen LogP contribution in [-0.2, 0) is 4.74 Å². The van der Waals surface area contributed by atoms with Crippen molar-refractivity contribution in [1.82, 2.24) is 0 Å². The third-order valence-electron chi connectivity index (χ3n) is 2.11. The molecule has 82 valence electrons. The summed E-state index contributed by atoms with van der Waals surface area (Å²) in [5.74, 6) is -0.900. The van der Waals surface area contributed by atoms with Crippen molar-refractivity contribution in [3.63, 3.8) is 0 Å². The van der Waals surface area contributed by atoms with E-state index in [1.807, 2.05) is 18.2 Å². The summed E-state index contributed by atoms with van der Waals surface area (Å²) in [5.41, 5.74) is 0.764. The van der Waals surface area contributed by atoms with Crippen molar-refractivity contribution in [2.45, 2.75) is 0 Å². The zero-order valence-corrected chi connectivity index (χ0v) is 9.38. The highest BCUT2D eigenvalue weighted by Gasteiger charge is 2.15. The quantitative estimate of drug-likeness (QED) is 0.747. The first-order chi connectivity index (χ1) is 7.72. The van der Waals surface area contributed by atoms with E-state index in [0.29, 0.717) is 4.88 Å². The molecular formula is C12H9FO2S. The third-order valence-corrected chi connectivity index (χ3v) is 3.25. The number of esters is 1. The van der Waals surface area contributed by atoms with Crippen LogP contribution in [0, 0.1) is 5.82 Å². The molecule has 2 aromatic rings. The first-order valence-corrected chi connectivity index (χ1v) is 5.47. The Kier molecular flexibility index (Phi) is 3.01. The minimum Gasteiger partial charge on any atom is -0.465 e. The Morgan fingerprint density at radius 1 is 1.31 bits per heavy atom. The molecule has 2 nitrogen and oxygen atoms in total. The average Bonchev–Trinajstić information content (AvgIpc) is 2.71.